The average Bonchev–Trinajstić information content (AvgIpc) is 2.21. The predicted molar refractivity (Wildman–Crippen MR) is 59.6 cm³/mol. The maximum absolute atomic E-state index is 5.68. The second kappa shape index (κ2) is 5.50. The lowest BCUT2D eigenvalue weighted by molar-refractivity contribution is 0.200. The van der Waals surface area contributed by atoms with Gasteiger partial charge < -0.3 is 4.74 Å². The van der Waals surface area contributed by atoms with Crippen molar-refractivity contribution in [2.24, 2.45) is 5.84 Å². The molecule has 0 amide bonds. The Morgan fingerprint density at radius 1 is 1.60 bits per heavy atom. The number of hydrogen-bond donors (Lipinski definition) is 2. The summed E-state index contributed by atoms with van der Waals surface area (Å²) in [6, 6.07) is 0. The van der Waals surface area contributed by atoms with Crippen LogP contribution in [-0.2, 0) is 0 Å². The molecule has 1 aromatic heterocycles. The lowest BCUT2D eigenvalue weighted by Gasteiger charge is -2.14. The molecule has 5 nitrogen and oxygen atoms in total. The van der Waals surface area contributed by atoms with Crippen LogP contribution in [0.4, 0.5) is 5.95 Å². The van der Waals surface area contributed by atoms with E-state index in [1.54, 1.807) is 6.20 Å². The van der Waals surface area contributed by atoms with Gasteiger partial charge in [0.25, 0.3) is 0 Å². The fourth-order valence-corrected chi connectivity index (χ4v) is 1.27. The van der Waals surface area contributed by atoms with Gasteiger partial charge in [-0.15, -0.1) is 0 Å². The Morgan fingerprint density at radius 3 is 2.93 bits per heavy atom. The molecule has 1 unspecified atom stereocenters. The highest BCUT2D eigenvalue weighted by Gasteiger charge is 2.08. The summed E-state index contributed by atoms with van der Waals surface area (Å²) in [7, 11) is 0. The first kappa shape index (κ1) is 11.7. The van der Waals surface area contributed by atoms with Crippen molar-refractivity contribution in [3.63, 3.8) is 0 Å². The first-order chi connectivity index (χ1) is 7.17. The van der Waals surface area contributed by atoms with Crippen molar-refractivity contribution in [2.45, 2.75) is 39.7 Å². The van der Waals surface area contributed by atoms with Crippen molar-refractivity contribution in [1.82, 2.24) is 9.97 Å². The van der Waals surface area contributed by atoms with Crippen LogP contribution >= 0.6 is 0 Å². The van der Waals surface area contributed by atoms with E-state index in [4.69, 9.17) is 10.6 Å². The third kappa shape index (κ3) is 3.36. The zero-order valence-electron chi connectivity index (χ0n) is 9.45. The molecule has 5 heteroatoms. The number of nitrogens with one attached hydrogen (secondary N) is 1. The van der Waals surface area contributed by atoms with Gasteiger partial charge in [-0.1, -0.05) is 13.3 Å². The molecule has 0 saturated carbocycles. The van der Waals surface area contributed by atoms with Gasteiger partial charge in [-0.2, -0.15) is 4.98 Å². The van der Waals surface area contributed by atoms with Crippen LogP contribution in [0.3, 0.4) is 0 Å². The zero-order chi connectivity index (χ0) is 11.3. The van der Waals surface area contributed by atoms with Gasteiger partial charge in [-0.05, 0) is 20.3 Å². The molecule has 0 aliphatic carbocycles. The van der Waals surface area contributed by atoms with E-state index in [2.05, 4.69) is 22.3 Å². The van der Waals surface area contributed by atoms with Crippen molar-refractivity contribution in [2.75, 3.05) is 5.43 Å². The molecule has 15 heavy (non-hydrogen) atoms. The molecule has 0 bridgehead atoms. The molecule has 0 fully saturated rings. The van der Waals surface area contributed by atoms with Crippen LogP contribution in [-0.4, -0.2) is 16.1 Å². The van der Waals surface area contributed by atoms with Crippen LogP contribution in [0.1, 0.15) is 32.3 Å². The van der Waals surface area contributed by atoms with Crippen molar-refractivity contribution in [1.29, 1.82) is 0 Å². The highest BCUT2D eigenvalue weighted by molar-refractivity contribution is 5.31. The molecule has 1 aromatic rings. The van der Waals surface area contributed by atoms with Gasteiger partial charge in [0.15, 0.2) is 0 Å². The number of nitrogen functional groups attached to an aromatic ring is 1. The van der Waals surface area contributed by atoms with Crippen molar-refractivity contribution in [3.05, 3.63) is 11.8 Å². The van der Waals surface area contributed by atoms with Crippen LogP contribution in [0, 0.1) is 6.92 Å². The van der Waals surface area contributed by atoms with Gasteiger partial charge in [0.05, 0.1) is 6.10 Å². The Labute approximate surface area is 90.0 Å². The van der Waals surface area contributed by atoms with Crippen molar-refractivity contribution < 1.29 is 4.74 Å². The minimum atomic E-state index is 0.161. The average molecular weight is 210 g/mol. The van der Waals surface area contributed by atoms with Gasteiger partial charge in [0, 0.05) is 11.8 Å². The first-order valence-corrected chi connectivity index (χ1v) is 5.14. The smallest absolute Gasteiger partial charge is 0.240 e. The molecule has 0 saturated heterocycles. The third-order valence-corrected chi connectivity index (χ3v) is 2.06. The Kier molecular flexibility index (Phi) is 4.30. The molecule has 0 radical (unpaired) electrons. The molecule has 84 valence electrons. The quantitative estimate of drug-likeness (QED) is 0.571. The van der Waals surface area contributed by atoms with Crippen LogP contribution in [0.2, 0.25) is 0 Å². The molecule has 0 aliphatic heterocycles. The Hall–Kier alpha value is -1.36. The summed E-state index contributed by atoms with van der Waals surface area (Å²) in [4.78, 5) is 8.13. The summed E-state index contributed by atoms with van der Waals surface area (Å²) in [5, 5.41) is 0. The minimum Gasteiger partial charge on any atom is -0.474 e. The fourth-order valence-electron chi connectivity index (χ4n) is 1.27. The molecule has 0 aromatic carbocycles. The lowest BCUT2D eigenvalue weighted by Crippen LogP contribution is -2.15. The summed E-state index contributed by atoms with van der Waals surface area (Å²) in [5.41, 5.74) is 3.31. The van der Waals surface area contributed by atoms with E-state index in [1.165, 1.54) is 0 Å². The summed E-state index contributed by atoms with van der Waals surface area (Å²) >= 11 is 0. The minimum absolute atomic E-state index is 0.161. The number of rotatable bonds is 5. The van der Waals surface area contributed by atoms with Crippen LogP contribution in [0.15, 0.2) is 6.20 Å². The predicted octanol–water partition coefficient (Wildman–Crippen LogP) is 1.64. The normalized spacial score (nSPS) is 12.3. The number of nitrogens with zero attached hydrogens (tertiary/aromatic N) is 2. The Balaban J connectivity index is 2.74. The number of aromatic nitrogens is 2. The Morgan fingerprint density at radius 2 is 2.33 bits per heavy atom. The van der Waals surface area contributed by atoms with Crippen molar-refractivity contribution in [3.8, 4) is 5.88 Å². The molecule has 0 aliphatic rings. The number of hydrazine groups is 1. The first-order valence-electron chi connectivity index (χ1n) is 5.14. The van der Waals surface area contributed by atoms with Crippen molar-refractivity contribution >= 4 is 5.95 Å². The number of hydrogen-bond acceptors (Lipinski definition) is 5. The van der Waals surface area contributed by atoms with Gasteiger partial charge in [0.2, 0.25) is 11.8 Å². The van der Waals surface area contributed by atoms with E-state index < -0.39 is 0 Å². The maximum atomic E-state index is 5.68. The highest BCUT2D eigenvalue weighted by Crippen LogP contribution is 2.17. The molecular weight excluding hydrogens is 192 g/mol. The summed E-state index contributed by atoms with van der Waals surface area (Å²) in [6.07, 6.45) is 3.95. The van der Waals surface area contributed by atoms with Gasteiger partial charge >= 0.3 is 0 Å². The molecule has 0 spiro atoms. The van der Waals surface area contributed by atoms with Gasteiger partial charge in [-0.25, -0.2) is 10.8 Å². The second-order valence-corrected chi connectivity index (χ2v) is 3.54. The molecule has 1 atom stereocenters. The molecule has 3 N–H and O–H groups in total. The van der Waals surface area contributed by atoms with Gasteiger partial charge in [0.1, 0.15) is 0 Å². The molecule has 1 heterocycles. The summed E-state index contributed by atoms with van der Waals surface area (Å²) in [6.45, 7) is 6.06. The second-order valence-electron chi connectivity index (χ2n) is 3.54. The highest BCUT2D eigenvalue weighted by atomic mass is 16.5. The number of nitrogens with two attached hydrogens (primary N) is 1. The third-order valence-electron chi connectivity index (χ3n) is 2.06. The summed E-state index contributed by atoms with van der Waals surface area (Å²) in [5.74, 6) is 6.20. The van der Waals surface area contributed by atoms with Gasteiger partial charge in [-0.3, -0.25) is 5.43 Å². The zero-order valence-corrected chi connectivity index (χ0v) is 9.45. The van der Waals surface area contributed by atoms with Crippen LogP contribution in [0.5, 0.6) is 5.88 Å². The molecular formula is C10H18N4O. The maximum Gasteiger partial charge on any atom is 0.240 e. The van der Waals surface area contributed by atoms with E-state index in [0.29, 0.717) is 11.8 Å². The van der Waals surface area contributed by atoms with Crippen LogP contribution < -0.4 is 16.0 Å². The lowest BCUT2D eigenvalue weighted by atomic mass is 10.2. The van der Waals surface area contributed by atoms with E-state index in [-0.39, 0.29) is 6.10 Å². The topological polar surface area (TPSA) is 73.1 Å². The SMILES string of the molecule is CCCC(C)Oc1nc(NN)ncc1C. The van der Waals surface area contributed by atoms with E-state index in [1.807, 2.05) is 13.8 Å². The van der Waals surface area contributed by atoms with Crippen LogP contribution in [0.25, 0.3) is 0 Å². The monoisotopic (exact) mass is 210 g/mol. The standard InChI is InChI=1S/C10H18N4O/c1-4-5-8(3)15-9-7(2)6-12-10(13-9)14-11/h6,8H,4-5,11H2,1-3H3,(H,12,13,14). The van der Waals surface area contributed by atoms with E-state index >= 15 is 0 Å². The fraction of sp³-hybridized carbons (Fsp3) is 0.600. The Bertz CT molecular complexity index is 316. The number of aryl methyl sites for hydroxylation is 1. The molecule has 1 rings (SSSR count). The largest absolute Gasteiger partial charge is 0.474 e. The number of anilines is 1. The van der Waals surface area contributed by atoms with E-state index in [0.717, 1.165) is 18.4 Å². The summed E-state index contributed by atoms with van der Waals surface area (Å²) < 4.78 is 5.68. The number of ether oxygens (including phenoxy) is 1. The van der Waals surface area contributed by atoms with E-state index in [9.17, 15) is 0 Å².